The van der Waals surface area contributed by atoms with E-state index in [1.54, 1.807) is 6.20 Å². The maximum atomic E-state index is 12.8. The van der Waals surface area contributed by atoms with Crippen molar-refractivity contribution in [3.8, 4) is 0 Å². The number of hydrogen-bond donors (Lipinski definition) is 0. The maximum absolute atomic E-state index is 12.8. The highest BCUT2D eigenvalue weighted by Crippen LogP contribution is 2.09. The number of hydrogen-bond acceptors (Lipinski definition) is 2. The summed E-state index contributed by atoms with van der Waals surface area (Å²) in [4.78, 5) is 16.3. The van der Waals surface area contributed by atoms with Gasteiger partial charge in [-0.25, -0.2) is 9.37 Å². The molecule has 0 spiro atoms. The molecule has 106 valence electrons. The van der Waals surface area contributed by atoms with Crippen molar-refractivity contribution in [1.29, 1.82) is 0 Å². The summed E-state index contributed by atoms with van der Waals surface area (Å²) in [7, 11) is 0. The third-order valence-corrected chi connectivity index (χ3v) is 3.24. The predicted molar refractivity (Wildman–Crippen MR) is 76.2 cm³/mol. The van der Waals surface area contributed by atoms with Gasteiger partial charge in [-0.3, -0.25) is 4.79 Å². The van der Waals surface area contributed by atoms with E-state index in [1.807, 2.05) is 6.20 Å². The fourth-order valence-corrected chi connectivity index (χ4v) is 2.19. The Kier molecular flexibility index (Phi) is 5.04. The first kappa shape index (κ1) is 14.4. The first-order valence-electron chi connectivity index (χ1n) is 6.99. The van der Waals surface area contributed by atoms with Crippen molar-refractivity contribution in [2.45, 2.75) is 39.2 Å². The van der Waals surface area contributed by atoms with Gasteiger partial charge in [0, 0.05) is 37.3 Å². The van der Waals surface area contributed by atoms with Crippen LogP contribution < -0.4 is 0 Å². The number of nitrogens with zero attached hydrogens (tertiary/aromatic N) is 2. The molecule has 1 heterocycles. The molecule has 0 atom stereocenters. The minimum atomic E-state index is -0.316. The molecule has 20 heavy (non-hydrogen) atoms. The van der Waals surface area contributed by atoms with E-state index in [0.717, 1.165) is 31.6 Å². The molecule has 1 aromatic carbocycles. The first-order chi connectivity index (χ1) is 9.70. The van der Waals surface area contributed by atoms with E-state index in [1.165, 1.54) is 24.3 Å². The highest BCUT2D eigenvalue weighted by atomic mass is 19.1. The van der Waals surface area contributed by atoms with Gasteiger partial charge in [0.15, 0.2) is 5.78 Å². The van der Waals surface area contributed by atoms with Gasteiger partial charge in [-0.15, -0.1) is 0 Å². The molecule has 1 aromatic heterocycles. The largest absolute Gasteiger partial charge is 0.335 e. The van der Waals surface area contributed by atoms with Crippen molar-refractivity contribution in [2.24, 2.45) is 0 Å². The number of carbonyl (C=O) groups excluding carboxylic acids is 1. The lowest BCUT2D eigenvalue weighted by Crippen LogP contribution is -2.06. The van der Waals surface area contributed by atoms with E-state index >= 15 is 0 Å². The lowest BCUT2D eigenvalue weighted by molar-refractivity contribution is 0.0978. The highest BCUT2D eigenvalue weighted by Gasteiger charge is 2.07. The smallest absolute Gasteiger partial charge is 0.162 e. The third kappa shape index (κ3) is 3.76. The number of Topliss-reactive ketones (excluding diaryl/α,β-unsaturated/α-hetero) is 1. The summed E-state index contributed by atoms with van der Waals surface area (Å²) in [5, 5.41) is 0. The Balaban J connectivity index is 1.84. The fraction of sp³-hybridized carbons (Fsp3) is 0.375. The number of halogens is 1. The Hall–Kier alpha value is -1.97. The number of aryl methyl sites for hydroxylation is 2. The van der Waals surface area contributed by atoms with Gasteiger partial charge in [0.05, 0.1) is 0 Å². The van der Waals surface area contributed by atoms with Gasteiger partial charge in [-0.2, -0.15) is 0 Å². The van der Waals surface area contributed by atoms with Gasteiger partial charge in [0.1, 0.15) is 11.6 Å². The average Bonchev–Trinajstić information content (AvgIpc) is 2.87. The van der Waals surface area contributed by atoms with Crippen LogP contribution in [0.15, 0.2) is 36.7 Å². The lowest BCUT2D eigenvalue weighted by atomic mass is 10.1. The predicted octanol–water partition coefficient (Wildman–Crippen LogP) is 3.64. The maximum Gasteiger partial charge on any atom is 0.162 e. The van der Waals surface area contributed by atoms with Gasteiger partial charge in [0.25, 0.3) is 0 Å². The summed E-state index contributed by atoms with van der Waals surface area (Å²) in [5.41, 5.74) is 0.575. The average molecular weight is 274 g/mol. The normalized spacial score (nSPS) is 10.7. The van der Waals surface area contributed by atoms with E-state index in [0.29, 0.717) is 12.0 Å². The molecule has 3 nitrogen and oxygen atoms in total. The van der Waals surface area contributed by atoms with Crippen LogP contribution in [-0.2, 0) is 13.0 Å². The summed E-state index contributed by atoms with van der Waals surface area (Å²) in [5.74, 6) is 0.813. The molecule has 0 amide bonds. The molecule has 0 saturated carbocycles. The van der Waals surface area contributed by atoms with E-state index < -0.39 is 0 Å². The zero-order valence-electron chi connectivity index (χ0n) is 11.7. The number of aromatic nitrogens is 2. The molecular weight excluding hydrogens is 255 g/mol. The third-order valence-electron chi connectivity index (χ3n) is 3.24. The zero-order valence-corrected chi connectivity index (χ0v) is 11.7. The monoisotopic (exact) mass is 274 g/mol. The minimum absolute atomic E-state index is 0.0576. The van der Waals surface area contributed by atoms with Crippen molar-refractivity contribution in [3.05, 3.63) is 53.9 Å². The van der Waals surface area contributed by atoms with Crippen molar-refractivity contribution in [3.63, 3.8) is 0 Å². The fourth-order valence-electron chi connectivity index (χ4n) is 2.19. The van der Waals surface area contributed by atoms with E-state index in [9.17, 15) is 9.18 Å². The molecule has 0 aliphatic heterocycles. The molecule has 4 heteroatoms. The topological polar surface area (TPSA) is 34.9 Å². The SMILES string of the molecule is CCCc1nccn1CCCC(=O)c1ccc(F)cc1. The molecule has 0 N–H and O–H groups in total. The lowest BCUT2D eigenvalue weighted by Gasteiger charge is -2.06. The van der Waals surface area contributed by atoms with E-state index in [4.69, 9.17) is 0 Å². The number of ketones is 1. The quantitative estimate of drug-likeness (QED) is 0.722. The number of carbonyl (C=O) groups is 1. The molecule has 0 unspecified atom stereocenters. The van der Waals surface area contributed by atoms with Crippen molar-refractivity contribution in [1.82, 2.24) is 9.55 Å². The number of imidazole rings is 1. The minimum Gasteiger partial charge on any atom is -0.335 e. The Morgan fingerprint density at radius 1 is 1.30 bits per heavy atom. The molecule has 0 fully saturated rings. The van der Waals surface area contributed by atoms with Crippen LogP contribution in [0.5, 0.6) is 0 Å². The van der Waals surface area contributed by atoms with Crippen molar-refractivity contribution >= 4 is 5.78 Å². The molecule has 0 saturated heterocycles. The second kappa shape index (κ2) is 6.98. The molecular formula is C16H19FN2O. The molecule has 0 aliphatic carbocycles. The van der Waals surface area contributed by atoms with Crippen LogP contribution in [0.4, 0.5) is 4.39 Å². The van der Waals surface area contributed by atoms with Crippen LogP contribution in [-0.4, -0.2) is 15.3 Å². The van der Waals surface area contributed by atoms with Gasteiger partial charge < -0.3 is 4.57 Å². The van der Waals surface area contributed by atoms with E-state index in [-0.39, 0.29) is 11.6 Å². The zero-order chi connectivity index (χ0) is 14.4. The van der Waals surface area contributed by atoms with Gasteiger partial charge in [-0.05, 0) is 37.1 Å². The van der Waals surface area contributed by atoms with Crippen LogP contribution in [0.25, 0.3) is 0 Å². The van der Waals surface area contributed by atoms with Crippen molar-refractivity contribution in [2.75, 3.05) is 0 Å². The van der Waals surface area contributed by atoms with Gasteiger partial charge in [-0.1, -0.05) is 6.92 Å². The van der Waals surface area contributed by atoms with E-state index in [2.05, 4.69) is 16.5 Å². The van der Waals surface area contributed by atoms with Crippen molar-refractivity contribution < 1.29 is 9.18 Å². The second-order valence-corrected chi connectivity index (χ2v) is 4.82. The highest BCUT2D eigenvalue weighted by molar-refractivity contribution is 5.95. The van der Waals surface area contributed by atoms with Crippen LogP contribution in [0.1, 0.15) is 42.4 Å². The summed E-state index contributed by atoms with van der Waals surface area (Å²) >= 11 is 0. The first-order valence-corrected chi connectivity index (χ1v) is 6.99. The summed E-state index contributed by atoms with van der Waals surface area (Å²) in [6.07, 6.45) is 7.00. The number of benzene rings is 1. The Morgan fingerprint density at radius 2 is 2.05 bits per heavy atom. The summed E-state index contributed by atoms with van der Waals surface area (Å²) < 4.78 is 14.9. The van der Waals surface area contributed by atoms with Gasteiger partial charge >= 0.3 is 0 Å². The molecule has 0 radical (unpaired) electrons. The van der Waals surface area contributed by atoms with Crippen LogP contribution in [0.2, 0.25) is 0 Å². The Morgan fingerprint density at radius 3 is 2.75 bits per heavy atom. The molecule has 2 rings (SSSR count). The molecule has 2 aromatic rings. The standard InChI is InChI=1S/C16H19FN2O/c1-2-4-16-18-10-12-19(16)11-3-5-15(20)13-6-8-14(17)9-7-13/h6-10,12H,2-5,11H2,1H3. The molecule has 0 aliphatic rings. The Labute approximate surface area is 118 Å². The summed E-state index contributed by atoms with van der Waals surface area (Å²) in [6.45, 7) is 2.92. The summed E-state index contributed by atoms with van der Waals surface area (Å²) in [6, 6.07) is 5.72. The van der Waals surface area contributed by atoms with Crippen LogP contribution >= 0.6 is 0 Å². The van der Waals surface area contributed by atoms with Gasteiger partial charge in [0.2, 0.25) is 0 Å². The van der Waals surface area contributed by atoms with Crippen LogP contribution in [0.3, 0.4) is 0 Å². The second-order valence-electron chi connectivity index (χ2n) is 4.82. The number of rotatable bonds is 7. The van der Waals surface area contributed by atoms with Crippen LogP contribution in [0, 0.1) is 5.82 Å². The molecule has 0 bridgehead atoms. The Bertz CT molecular complexity index is 560.